The second kappa shape index (κ2) is 7.66. The molecule has 0 atom stereocenters. The third-order valence-electron chi connectivity index (χ3n) is 4.52. The molecule has 1 amide bonds. The molecule has 6 heteroatoms. The van der Waals surface area contributed by atoms with Gasteiger partial charge in [-0.05, 0) is 25.0 Å². The van der Waals surface area contributed by atoms with E-state index in [2.05, 4.69) is 26.0 Å². The lowest BCUT2D eigenvalue weighted by molar-refractivity contribution is -0.115. The first-order chi connectivity index (χ1) is 13.5. The summed E-state index contributed by atoms with van der Waals surface area (Å²) in [5, 5.41) is 5.25. The first-order valence-corrected chi connectivity index (χ1v) is 10.6. The van der Waals surface area contributed by atoms with Gasteiger partial charge in [-0.1, -0.05) is 48.5 Å². The number of amides is 1. The monoisotopic (exact) mass is 405 g/mol. The Labute approximate surface area is 172 Å². The number of benzene rings is 2. The minimum Gasteiger partial charge on any atom is -0.274 e. The summed E-state index contributed by atoms with van der Waals surface area (Å²) in [5.41, 5.74) is 6.22. The number of rotatable bonds is 4. The summed E-state index contributed by atoms with van der Waals surface area (Å²) >= 11 is 2.91. The number of carbonyl (C=O) groups is 1. The van der Waals surface area contributed by atoms with Crippen LogP contribution >= 0.6 is 22.7 Å². The van der Waals surface area contributed by atoms with Gasteiger partial charge in [-0.2, -0.15) is 0 Å². The zero-order valence-electron chi connectivity index (χ0n) is 15.8. The normalized spacial score (nSPS) is 10.8. The zero-order chi connectivity index (χ0) is 19.7. The van der Waals surface area contributed by atoms with Gasteiger partial charge in [-0.25, -0.2) is 14.9 Å². The molecule has 0 unspecified atom stereocenters. The predicted octanol–water partition coefficient (Wildman–Crippen LogP) is 6.24. The van der Waals surface area contributed by atoms with Crippen LogP contribution in [0.25, 0.3) is 22.5 Å². The maximum Gasteiger partial charge on any atom is 0.232 e. The molecule has 0 aliphatic carbocycles. The number of anilines is 2. The zero-order valence-corrected chi connectivity index (χ0v) is 17.5. The van der Waals surface area contributed by atoms with Crippen LogP contribution in [0.2, 0.25) is 0 Å². The summed E-state index contributed by atoms with van der Waals surface area (Å²) in [6, 6.07) is 16.2. The summed E-state index contributed by atoms with van der Waals surface area (Å²) < 4.78 is 0. The molecule has 0 N–H and O–H groups in total. The van der Waals surface area contributed by atoms with Crippen molar-refractivity contribution < 1.29 is 4.79 Å². The first-order valence-electron chi connectivity index (χ1n) is 8.88. The van der Waals surface area contributed by atoms with Crippen LogP contribution in [0.5, 0.6) is 0 Å². The molecule has 0 fully saturated rings. The molecule has 0 bridgehead atoms. The van der Waals surface area contributed by atoms with E-state index in [0.717, 1.165) is 33.6 Å². The highest BCUT2D eigenvalue weighted by atomic mass is 32.1. The highest BCUT2D eigenvalue weighted by Crippen LogP contribution is 2.36. The largest absolute Gasteiger partial charge is 0.274 e. The maximum absolute atomic E-state index is 12.4. The molecule has 2 heterocycles. The van der Waals surface area contributed by atoms with Crippen LogP contribution in [0.15, 0.2) is 59.3 Å². The summed E-state index contributed by atoms with van der Waals surface area (Å²) in [7, 11) is 0. The molecule has 0 aliphatic rings. The predicted molar refractivity (Wildman–Crippen MR) is 117 cm³/mol. The van der Waals surface area contributed by atoms with Crippen molar-refractivity contribution in [3.05, 3.63) is 70.4 Å². The lowest BCUT2D eigenvalue weighted by atomic mass is 10.1. The Balaban J connectivity index is 1.71. The van der Waals surface area contributed by atoms with Crippen molar-refractivity contribution in [2.24, 2.45) is 0 Å². The van der Waals surface area contributed by atoms with Crippen LogP contribution in [0.4, 0.5) is 10.3 Å². The Morgan fingerprint density at radius 2 is 1.21 bits per heavy atom. The van der Waals surface area contributed by atoms with Crippen molar-refractivity contribution >= 4 is 38.8 Å². The Kier molecular flexibility index (Phi) is 5.07. The highest BCUT2D eigenvalue weighted by molar-refractivity contribution is 7.16. The maximum atomic E-state index is 12.4. The van der Waals surface area contributed by atoms with Gasteiger partial charge >= 0.3 is 0 Å². The van der Waals surface area contributed by atoms with Crippen LogP contribution in [-0.2, 0) is 4.79 Å². The fraction of sp³-hybridized carbons (Fsp3) is 0.136. The number of hydrogen-bond donors (Lipinski definition) is 0. The first kappa shape index (κ1) is 18.5. The number of hydrogen-bond acceptors (Lipinski definition) is 5. The molecule has 0 saturated heterocycles. The van der Waals surface area contributed by atoms with Gasteiger partial charge in [0, 0.05) is 28.8 Å². The number of thiazole rings is 2. The third-order valence-corrected chi connectivity index (χ3v) is 6.18. The van der Waals surface area contributed by atoms with Crippen LogP contribution in [0.1, 0.15) is 18.1 Å². The van der Waals surface area contributed by atoms with Gasteiger partial charge in [0.2, 0.25) is 5.91 Å². The average Bonchev–Trinajstić information content (AvgIpc) is 3.33. The fourth-order valence-corrected chi connectivity index (χ4v) is 4.85. The van der Waals surface area contributed by atoms with E-state index < -0.39 is 0 Å². The van der Waals surface area contributed by atoms with E-state index in [1.807, 2.05) is 47.2 Å². The van der Waals surface area contributed by atoms with Crippen molar-refractivity contribution in [3.8, 4) is 22.5 Å². The molecule has 0 spiro atoms. The quantitative estimate of drug-likeness (QED) is 0.404. The van der Waals surface area contributed by atoms with E-state index in [1.54, 1.807) is 11.8 Å². The van der Waals surface area contributed by atoms with Crippen molar-refractivity contribution in [1.29, 1.82) is 0 Å². The SMILES string of the molecule is CC(=O)N(c1nc(-c2ccccc2C)cs1)c1nc(-c2ccccc2C)cs1. The summed E-state index contributed by atoms with van der Waals surface area (Å²) in [6.07, 6.45) is 0. The molecule has 2 aromatic heterocycles. The molecule has 4 aromatic rings. The van der Waals surface area contributed by atoms with E-state index in [0.29, 0.717) is 10.3 Å². The summed E-state index contributed by atoms with van der Waals surface area (Å²) in [6.45, 7) is 5.67. The molecule has 0 saturated carbocycles. The standard InChI is InChI=1S/C22H19N3OS2/c1-14-8-4-6-10-17(14)19-12-27-21(23-19)25(16(3)26)22-24-20(13-28-22)18-11-7-5-9-15(18)2/h4-13H,1-3H3. The summed E-state index contributed by atoms with van der Waals surface area (Å²) in [4.78, 5) is 23.5. The lowest BCUT2D eigenvalue weighted by Crippen LogP contribution is -2.22. The van der Waals surface area contributed by atoms with Crippen LogP contribution < -0.4 is 4.90 Å². The van der Waals surface area contributed by atoms with Crippen LogP contribution in [0.3, 0.4) is 0 Å². The summed E-state index contributed by atoms with van der Waals surface area (Å²) in [5.74, 6) is -0.101. The minimum absolute atomic E-state index is 0.101. The Morgan fingerprint density at radius 3 is 1.61 bits per heavy atom. The van der Waals surface area contributed by atoms with Crippen molar-refractivity contribution in [1.82, 2.24) is 9.97 Å². The van der Waals surface area contributed by atoms with Crippen molar-refractivity contribution in [2.75, 3.05) is 4.90 Å². The van der Waals surface area contributed by atoms with Gasteiger partial charge in [0.1, 0.15) is 0 Å². The number of aromatic nitrogens is 2. The topological polar surface area (TPSA) is 46.1 Å². The molecular weight excluding hydrogens is 386 g/mol. The van der Waals surface area contributed by atoms with E-state index in [-0.39, 0.29) is 5.91 Å². The van der Waals surface area contributed by atoms with Crippen LogP contribution in [0, 0.1) is 13.8 Å². The van der Waals surface area contributed by atoms with Gasteiger partial charge in [-0.15, -0.1) is 22.7 Å². The highest BCUT2D eigenvalue weighted by Gasteiger charge is 2.22. The fourth-order valence-electron chi connectivity index (χ4n) is 3.05. The van der Waals surface area contributed by atoms with Crippen molar-refractivity contribution in [3.63, 3.8) is 0 Å². The van der Waals surface area contributed by atoms with Gasteiger partial charge in [0.25, 0.3) is 0 Å². The van der Waals surface area contributed by atoms with E-state index in [9.17, 15) is 4.79 Å². The van der Waals surface area contributed by atoms with E-state index in [1.165, 1.54) is 22.7 Å². The molecule has 0 radical (unpaired) electrons. The molecule has 140 valence electrons. The van der Waals surface area contributed by atoms with E-state index >= 15 is 0 Å². The van der Waals surface area contributed by atoms with Gasteiger partial charge in [0.05, 0.1) is 11.4 Å². The molecule has 4 nitrogen and oxygen atoms in total. The Morgan fingerprint density at radius 1 is 0.786 bits per heavy atom. The van der Waals surface area contributed by atoms with Crippen molar-refractivity contribution in [2.45, 2.75) is 20.8 Å². The molecule has 2 aromatic carbocycles. The van der Waals surface area contributed by atoms with Gasteiger partial charge in [-0.3, -0.25) is 4.79 Å². The van der Waals surface area contributed by atoms with E-state index in [4.69, 9.17) is 9.97 Å². The number of carbonyl (C=O) groups excluding carboxylic acids is 1. The molecule has 28 heavy (non-hydrogen) atoms. The smallest absolute Gasteiger partial charge is 0.232 e. The molecule has 0 aliphatic heterocycles. The van der Waals surface area contributed by atoms with Gasteiger partial charge < -0.3 is 0 Å². The lowest BCUT2D eigenvalue weighted by Gasteiger charge is -2.14. The number of nitrogens with zero attached hydrogens (tertiary/aromatic N) is 3. The third kappa shape index (κ3) is 3.48. The second-order valence-electron chi connectivity index (χ2n) is 6.51. The van der Waals surface area contributed by atoms with Crippen LogP contribution in [-0.4, -0.2) is 15.9 Å². The molecule has 4 rings (SSSR count). The number of aryl methyl sites for hydroxylation is 2. The Hall–Kier alpha value is -2.83. The minimum atomic E-state index is -0.101. The second-order valence-corrected chi connectivity index (χ2v) is 8.19. The molecular formula is C22H19N3OS2. The van der Waals surface area contributed by atoms with Gasteiger partial charge in [0.15, 0.2) is 10.3 Å². The Bertz CT molecular complexity index is 1060. The average molecular weight is 406 g/mol.